The van der Waals surface area contributed by atoms with Crippen molar-refractivity contribution in [3.63, 3.8) is 0 Å². The van der Waals surface area contributed by atoms with E-state index in [-0.39, 0.29) is 5.91 Å². The number of ether oxygens (including phenoxy) is 2. The van der Waals surface area contributed by atoms with Gasteiger partial charge in [0.05, 0.1) is 31.2 Å². The Morgan fingerprint density at radius 2 is 2.03 bits per heavy atom. The zero-order valence-electron chi connectivity index (χ0n) is 19.6. The molecule has 0 N–H and O–H groups in total. The van der Waals surface area contributed by atoms with E-state index in [1.807, 2.05) is 30.3 Å². The number of fused-ring (bicyclic) bond motifs is 1. The summed E-state index contributed by atoms with van der Waals surface area (Å²) in [7, 11) is 3.24. The standard InChI is InChI=1S/C26H28N4O4/c1-4-5-18-6-9-20(10-7-18)30-17-21(34-26(30)32)16-29(2)24(31)13-8-19-14-15-27-22-11-12-23(33-3)28-25(19)22/h6-15,21H,4-5,16-17H2,1-3H3/b13-8+/t21-/m1/s1. The molecule has 1 saturated heterocycles. The Bertz CT molecular complexity index is 1210. The van der Waals surface area contributed by atoms with Crippen LogP contribution in [0.2, 0.25) is 0 Å². The molecule has 8 heteroatoms. The summed E-state index contributed by atoms with van der Waals surface area (Å²) in [6.45, 7) is 2.82. The summed E-state index contributed by atoms with van der Waals surface area (Å²) in [5.74, 6) is 0.275. The van der Waals surface area contributed by atoms with E-state index >= 15 is 0 Å². The smallest absolute Gasteiger partial charge is 0.414 e. The average molecular weight is 461 g/mol. The molecule has 1 atom stereocenters. The second-order valence-electron chi connectivity index (χ2n) is 8.21. The number of benzene rings is 1. The Morgan fingerprint density at radius 1 is 1.24 bits per heavy atom. The Kier molecular flexibility index (Phi) is 7.06. The summed E-state index contributed by atoms with van der Waals surface area (Å²) in [6, 6.07) is 13.3. The van der Waals surface area contributed by atoms with Gasteiger partial charge in [0, 0.05) is 36.6 Å². The number of carbonyl (C=O) groups is 2. The molecule has 3 aromatic rings. The van der Waals surface area contributed by atoms with E-state index < -0.39 is 12.2 Å². The minimum atomic E-state index is -0.405. The van der Waals surface area contributed by atoms with Crippen LogP contribution in [-0.2, 0) is 16.0 Å². The number of pyridine rings is 2. The van der Waals surface area contributed by atoms with Crippen LogP contribution in [0.15, 0.2) is 54.7 Å². The highest BCUT2D eigenvalue weighted by Gasteiger charge is 2.33. The molecule has 1 fully saturated rings. The van der Waals surface area contributed by atoms with Crippen molar-refractivity contribution in [3.8, 4) is 5.88 Å². The Balaban J connectivity index is 1.39. The molecule has 8 nitrogen and oxygen atoms in total. The maximum absolute atomic E-state index is 12.7. The van der Waals surface area contributed by atoms with Gasteiger partial charge in [0.1, 0.15) is 6.10 Å². The summed E-state index contributed by atoms with van der Waals surface area (Å²) in [6.07, 6.45) is 6.14. The first-order valence-corrected chi connectivity index (χ1v) is 11.3. The summed E-state index contributed by atoms with van der Waals surface area (Å²) in [5.41, 5.74) is 4.16. The summed E-state index contributed by atoms with van der Waals surface area (Å²) in [5, 5.41) is 0. The van der Waals surface area contributed by atoms with E-state index in [0.717, 1.165) is 24.1 Å². The van der Waals surface area contributed by atoms with Crippen molar-refractivity contribution in [2.24, 2.45) is 0 Å². The lowest BCUT2D eigenvalue weighted by atomic mass is 10.1. The van der Waals surface area contributed by atoms with E-state index in [2.05, 4.69) is 16.9 Å². The fourth-order valence-electron chi connectivity index (χ4n) is 3.92. The maximum atomic E-state index is 12.7. The number of nitrogens with zero attached hydrogens (tertiary/aromatic N) is 4. The summed E-state index contributed by atoms with van der Waals surface area (Å²) < 4.78 is 10.7. The lowest BCUT2D eigenvalue weighted by Gasteiger charge is -2.18. The first-order valence-electron chi connectivity index (χ1n) is 11.3. The molecule has 0 spiro atoms. The number of likely N-dealkylation sites (N-methyl/N-ethyl adjacent to an activating group) is 1. The molecule has 176 valence electrons. The quantitative estimate of drug-likeness (QED) is 0.471. The van der Waals surface area contributed by atoms with Crippen LogP contribution >= 0.6 is 0 Å². The molecule has 34 heavy (non-hydrogen) atoms. The Morgan fingerprint density at radius 3 is 2.76 bits per heavy atom. The third kappa shape index (κ3) is 5.17. The summed E-state index contributed by atoms with van der Waals surface area (Å²) >= 11 is 0. The number of methoxy groups -OCH3 is 1. The number of amides is 2. The first kappa shape index (κ1) is 23.2. The van der Waals surface area contributed by atoms with E-state index in [0.29, 0.717) is 30.0 Å². The molecule has 3 heterocycles. The van der Waals surface area contributed by atoms with Gasteiger partial charge in [0.15, 0.2) is 0 Å². The maximum Gasteiger partial charge on any atom is 0.414 e. The summed E-state index contributed by atoms with van der Waals surface area (Å²) in [4.78, 5) is 37.0. The van der Waals surface area contributed by atoms with Crippen molar-refractivity contribution >= 4 is 34.8 Å². The van der Waals surface area contributed by atoms with Crippen LogP contribution in [0.3, 0.4) is 0 Å². The van der Waals surface area contributed by atoms with Crippen LogP contribution in [0.4, 0.5) is 10.5 Å². The van der Waals surface area contributed by atoms with Crippen LogP contribution in [0.1, 0.15) is 24.5 Å². The topological polar surface area (TPSA) is 84.9 Å². The molecule has 2 aromatic heterocycles. The molecule has 1 aliphatic heterocycles. The number of rotatable bonds is 8. The monoisotopic (exact) mass is 460 g/mol. The predicted octanol–water partition coefficient (Wildman–Crippen LogP) is 4.09. The van der Waals surface area contributed by atoms with Gasteiger partial charge in [-0.15, -0.1) is 0 Å². The number of aryl methyl sites for hydroxylation is 1. The van der Waals surface area contributed by atoms with Crippen molar-refractivity contribution in [2.45, 2.75) is 25.9 Å². The van der Waals surface area contributed by atoms with Crippen LogP contribution in [0.25, 0.3) is 17.1 Å². The molecule has 0 bridgehead atoms. The van der Waals surface area contributed by atoms with Crippen molar-refractivity contribution in [1.82, 2.24) is 14.9 Å². The number of aromatic nitrogens is 2. The van der Waals surface area contributed by atoms with Gasteiger partial charge in [0.2, 0.25) is 11.8 Å². The number of anilines is 1. The Labute approximate surface area is 198 Å². The molecule has 2 amide bonds. The van der Waals surface area contributed by atoms with Gasteiger partial charge in [-0.2, -0.15) is 0 Å². The fourth-order valence-corrected chi connectivity index (χ4v) is 3.92. The molecular weight excluding hydrogens is 432 g/mol. The molecule has 1 aromatic carbocycles. The van der Waals surface area contributed by atoms with Crippen molar-refractivity contribution < 1.29 is 19.1 Å². The van der Waals surface area contributed by atoms with Gasteiger partial charge in [-0.05, 0) is 42.3 Å². The lowest BCUT2D eigenvalue weighted by Crippen LogP contribution is -2.35. The highest BCUT2D eigenvalue weighted by molar-refractivity contribution is 5.95. The van der Waals surface area contributed by atoms with Crippen molar-refractivity contribution in [3.05, 3.63) is 65.9 Å². The molecule has 4 rings (SSSR count). The van der Waals surface area contributed by atoms with Crippen molar-refractivity contribution in [2.75, 3.05) is 32.1 Å². The highest BCUT2D eigenvalue weighted by Crippen LogP contribution is 2.23. The largest absolute Gasteiger partial charge is 0.481 e. The number of hydrogen-bond acceptors (Lipinski definition) is 6. The minimum Gasteiger partial charge on any atom is -0.481 e. The number of hydrogen-bond donors (Lipinski definition) is 0. The third-order valence-corrected chi connectivity index (χ3v) is 5.72. The van der Waals surface area contributed by atoms with Gasteiger partial charge in [-0.1, -0.05) is 25.5 Å². The van der Waals surface area contributed by atoms with Gasteiger partial charge in [-0.25, -0.2) is 9.78 Å². The zero-order valence-corrected chi connectivity index (χ0v) is 19.6. The molecule has 0 aliphatic carbocycles. The van der Waals surface area contributed by atoms with E-state index in [1.165, 1.54) is 11.6 Å². The predicted molar refractivity (Wildman–Crippen MR) is 131 cm³/mol. The van der Waals surface area contributed by atoms with Crippen LogP contribution < -0.4 is 9.64 Å². The zero-order chi connectivity index (χ0) is 24.1. The third-order valence-electron chi connectivity index (χ3n) is 5.72. The second kappa shape index (κ2) is 10.3. The highest BCUT2D eigenvalue weighted by atomic mass is 16.6. The van der Waals surface area contributed by atoms with Gasteiger partial charge in [0.25, 0.3) is 0 Å². The van der Waals surface area contributed by atoms with Crippen LogP contribution in [0, 0.1) is 0 Å². The first-order chi connectivity index (χ1) is 16.5. The molecule has 1 aliphatic rings. The van der Waals surface area contributed by atoms with E-state index in [9.17, 15) is 9.59 Å². The average Bonchev–Trinajstić information content (AvgIpc) is 3.22. The molecular formula is C26H28N4O4. The fraction of sp³-hybridized carbons (Fsp3) is 0.308. The van der Waals surface area contributed by atoms with Gasteiger partial charge in [-0.3, -0.25) is 14.7 Å². The van der Waals surface area contributed by atoms with Gasteiger partial charge < -0.3 is 14.4 Å². The Hall–Kier alpha value is -3.94. The van der Waals surface area contributed by atoms with Crippen molar-refractivity contribution in [1.29, 1.82) is 0 Å². The van der Waals surface area contributed by atoms with E-state index in [1.54, 1.807) is 48.4 Å². The number of cyclic esters (lactones) is 1. The van der Waals surface area contributed by atoms with Gasteiger partial charge >= 0.3 is 6.09 Å². The SMILES string of the molecule is CCCc1ccc(N2C[C@@H](CN(C)C(=O)/C=C/c3ccnc4ccc(OC)nc34)OC2=O)cc1. The molecule has 0 saturated carbocycles. The molecule has 0 unspecified atom stereocenters. The number of carbonyl (C=O) groups excluding carboxylic acids is 2. The normalized spacial score (nSPS) is 15.7. The second-order valence-corrected chi connectivity index (χ2v) is 8.21. The van der Waals surface area contributed by atoms with E-state index in [4.69, 9.17) is 9.47 Å². The molecule has 0 radical (unpaired) electrons. The lowest BCUT2D eigenvalue weighted by molar-refractivity contribution is -0.125. The van der Waals surface area contributed by atoms with Crippen LogP contribution in [-0.4, -0.2) is 60.2 Å². The van der Waals surface area contributed by atoms with Crippen LogP contribution in [0.5, 0.6) is 5.88 Å². The minimum absolute atomic E-state index is 0.203.